The molecule has 0 amide bonds. The summed E-state index contributed by atoms with van der Waals surface area (Å²) in [5.74, 6) is 0.855. The molecular formula is C16H23N3O2. The minimum absolute atomic E-state index is 0.781. The molecule has 0 aliphatic heterocycles. The summed E-state index contributed by atoms with van der Waals surface area (Å²) in [5.41, 5.74) is 3.32. The lowest BCUT2D eigenvalue weighted by Crippen LogP contribution is -2.16. The highest BCUT2D eigenvalue weighted by Gasteiger charge is 2.07. The molecule has 0 atom stereocenters. The highest BCUT2D eigenvalue weighted by molar-refractivity contribution is 5.63. The van der Waals surface area contributed by atoms with Gasteiger partial charge in [0.05, 0.1) is 19.0 Å². The molecule has 0 saturated heterocycles. The van der Waals surface area contributed by atoms with E-state index in [1.165, 1.54) is 0 Å². The third-order valence-electron chi connectivity index (χ3n) is 3.26. The molecule has 1 aromatic carbocycles. The predicted molar refractivity (Wildman–Crippen MR) is 83.4 cm³/mol. The molecule has 0 saturated carbocycles. The monoisotopic (exact) mass is 289 g/mol. The summed E-state index contributed by atoms with van der Waals surface area (Å²) in [7, 11) is 1.67. The van der Waals surface area contributed by atoms with Crippen molar-refractivity contribution in [2.45, 2.75) is 19.9 Å². The summed E-state index contributed by atoms with van der Waals surface area (Å²) < 4.78 is 10.5. The number of nitrogens with zero attached hydrogens (tertiary/aromatic N) is 1. The second-order valence-electron chi connectivity index (χ2n) is 4.73. The maximum Gasteiger partial charge on any atom is 0.118 e. The van der Waals surface area contributed by atoms with Gasteiger partial charge in [-0.15, -0.1) is 0 Å². The van der Waals surface area contributed by atoms with E-state index in [1.54, 1.807) is 7.11 Å². The second kappa shape index (κ2) is 8.44. The van der Waals surface area contributed by atoms with Gasteiger partial charge in [-0.1, -0.05) is 0 Å². The third-order valence-corrected chi connectivity index (χ3v) is 3.26. The van der Waals surface area contributed by atoms with Gasteiger partial charge >= 0.3 is 0 Å². The van der Waals surface area contributed by atoms with Gasteiger partial charge in [-0.2, -0.15) is 5.10 Å². The fourth-order valence-corrected chi connectivity index (χ4v) is 2.12. The minimum Gasteiger partial charge on any atom is -0.497 e. The SMILES string of the molecule is CCOCCCNCc1cn[nH]c1-c1ccc(OC)cc1. The Morgan fingerprint density at radius 2 is 2.05 bits per heavy atom. The largest absolute Gasteiger partial charge is 0.497 e. The summed E-state index contributed by atoms with van der Waals surface area (Å²) in [6.45, 7) is 5.33. The average molecular weight is 289 g/mol. The molecule has 2 aromatic rings. The van der Waals surface area contributed by atoms with Gasteiger partial charge in [-0.05, 0) is 44.2 Å². The Hall–Kier alpha value is -1.85. The highest BCUT2D eigenvalue weighted by atomic mass is 16.5. The lowest BCUT2D eigenvalue weighted by atomic mass is 10.1. The number of methoxy groups -OCH3 is 1. The molecule has 5 nitrogen and oxygen atoms in total. The van der Waals surface area contributed by atoms with Crippen LogP contribution in [0.25, 0.3) is 11.3 Å². The molecule has 114 valence electrons. The molecular weight excluding hydrogens is 266 g/mol. The summed E-state index contributed by atoms with van der Waals surface area (Å²) in [4.78, 5) is 0. The van der Waals surface area contributed by atoms with E-state index in [9.17, 15) is 0 Å². The molecule has 1 aromatic heterocycles. The van der Waals surface area contributed by atoms with Crippen molar-refractivity contribution in [3.8, 4) is 17.0 Å². The topological polar surface area (TPSA) is 59.2 Å². The lowest BCUT2D eigenvalue weighted by molar-refractivity contribution is 0.144. The summed E-state index contributed by atoms with van der Waals surface area (Å²) in [6.07, 6.45) is 2.89. The molecule has 0 aliphatic rings. The Bertz CT molecular complexity index is 523. The Kier molecular flexibility index (Phi) is 6.24. The van der Waals surface area contributed by atoms with Crippen LogP contribution < -0.4 is 10.1 Å². The van der Waals surface area contributed by atoms with E-state index in [1.807, 2.05) is 37.4 Å². The fraction of sp³-hybridized carbons (Fsp3) is 0.438. The predicted octanol–water partition coefficient (Wildman–Crippen LogP) is 2.60. The van der Waals surface area contributed by atoms with Crippen LogP contribution in [0.3, 0.4) is 0 Å². The standard InChI is InChI=1S/C16H23N3O2/c1-3-21-10-4-9-17-11-14-12-18-19-16(14)13-5-7-15(20-2)8-6-13/h5-8,12,17H,3-4,9-11H2,1-2H3,(H,18,19). The number of aromatic amines is 1. The third kappa shape index (κ3) is 4.58. The van der Waals surface area contributed by atoms with E-state index in [0.29, 0.717) is 0 Å². The molecule has 2 rings (SSSR count). The minimum atomic E-state index is 0.781. The lowest BCUT2D eigenvalue weighted by Gasteiger charge is -2.07. The molecule has 0 fully saturated rings. The van der Waals surface area contributed by atoms with Crippen molar-refractivity contribution in [2.24, 2.45) is 0 Å². The van der Waals surface area contributed by atoms with Gasteiger partial charge in [-0.25, -0.2) is 0 Å². The second-order valence-corrected chi connectivity index (χ2v) is 4.73. The molecule has 0 radical (unpaired) electrons. The number of hydrogen-bond acceptors (Lipinski definition) is 4. The first-order valence-corrected chi connectivity index (χ1v) is 7.30. The Morgan fingerprint density at radius 1 is 1.24 bits per heavy atom. The van der Waals surface area contributed by atoms with Gasteiger partial charge in [0.2, 0.25) is 0 Å². The number of nitrogens with one attached hydrogen (secondary N) is 2. The van der Waals surface area contributed by atoms with Crippen molar-refractivity contribution in [3.05, 3.63) is 36.0 Å². The van der Waals surface area contributed by atoms with Crippen molar-refractivity contribution in [1.82, 2.24) is 15.5 Å². The van der Waals surface area contributed by atoms with E-state index in [2.05, 4.69) is 15.5 Å². The fourth-order valence-electron chi connectivity index (χ4n) is 2.12. The van der Waals surface area contributed by atoms with Crippen molar-refractivity contribution in [1.29, 1.82) is 0 Å². The molecule has 0 spiro atoms. The maximum absolute atomic E-state index is 5.32. The Labute approximate surface area is 125 Å². The number of rotatable bonds is 9. The van der Waals surface area contributed by atoms with Gasteiger partial charge in [0, 0.05) is 30.9 Å². The zero-order valence-electron chi connectivity index (χ0n) is 12.7. The highest BCUT2D eigenvalue weighted by Crippen LogP contribution is 2.23. The smallest absolute Gasteiger partial charge is 0.118 e. The van der Waals surface area contributed by atoms with Crippen LogP contribution in [0, 0.1) is 0 Å². The van der Waals surface area contributed by atoms with E-state index in [-0.39, 0.29) is 0 Å². The van der Waals surface area contributed by atoms with E-state index >= 15 is 0 Å². The van der Waals surface area contributed by atoms with Crippen molar-refractivity contribution in [3.63, 3.8) is 0 Å². The van der Waals surface area contributed by atoms with Crippen LogP contribution in [0.2, 0.25) is 0 Å². The van der Waals surface area contributed by atoms with Crippen LogP contribution >= 0.6 is 0 Å². The van der Waals surface area contributed by atoms with Crippen LogP contribution in [-0.4, -0.2) is 37.1 Å². The summed E-state index contributed by atoms with van der Waals surface area (Å²) in [5, 5.41) is 10.6. The number of hydrogen-bond donors (Lipinski definition) is 2. The molecule has 2 N–H and O–H groups in total. The average Bonchev–Trinajstić information content (AvgIpc) is 2.99. The van der Waals surface area contributed by atoms with Crippen molar-refractivity contribution >= 4 is 0 Å². The summed E-state index contributed by atoms with van der Waals surface area (Å²) >= 11 is 0. The first kappa shape index (κ1) is 15.5. The van der Waals surface area contributed by atoms with E-state index in [4.69, 9.17) is 9.47 Å². The molecule has 0 bridgehead atoms. The van der Waals surface area contributed by atoms with Crippen LogP contribution in [0.5, 0.6) is 5.75 Å². The molecule has 1 heterocycles. The molecule has 0 unspecified atom stereocenters. The van der Waals surface area contributed by atoms with Crippen LogP contribution in [-0.2, 0) is 11.3 Å². The van der Waals surface area contributed by atoms with Gasteiger partial charge in [0.1, 0.15) is 5.75 Å². The number of H-pyrrole nitrogens is 1. The van der Waals surface area contributed by atoms with E-state index < -0.39 is 0 Å². The van der Waals surface area contributed by atoms with Crippen LogP contribution in [0.15, 0.2) is 30.5 Å². The first-order chi connectivity index (χ1) is 10.3. The molecule has 0 aliphatic carbocycles. The Morgan fingerprint density at radius 3 is 2.76 bits per heavy atom. The maximum atomic E-state index is 5.32. The van der Waals surface area contributed by atoms with Crippen molar-refractivity contribution in [2.75, 3.05) is 26.9 Å². The van der Waals surface area contributed by atoms with Gasteiger partial charge < -0.3 is 14.8 Å². The van der Waals surface area contributed by atoms with Gasteiger partial charge in [-0.3, -0.25) is 5.10 Å². The number of ether oxygens (including phenoxy) is 2. The zero-order chi connectivity index (χ0) is 14.9. The summed E-state index contributed by atoms with van der Waals surface area (Å²) in [6, 6.07) is 7.97. The van der Waals surface area contributed by atoms with Crippen LogP contribution in [0.4, 0.5) is 0 Å². The van der Waals surface area contributed by atoms with Gasteiger partial charge in [0.25, 0.3) is 0 Å². The molecule has 21 heavy (non-hydrogen) atoms. The molecule has 5 heteroatoms. The quantitative estimate of drug-likeness (QED) is 0.697. The Balaban J connectivity index is 1.89. The first-order valence-electron chi connectivity index (χ1n) is 7.30. The van der Waals surface area contributed by atoms with Gasteiger partial charge in [0.15, 0.2) is 0 Å². The van der Waals surface area contributed by atoms with E-state index in [0.717, 1.165) is 55.3 Å². The van der Waals surface area contributed by atoms with Crippen LogP contribution in [0.1, 0.15) is 18.9 Å². The number of aromatic nitrogens is 2. The van der Waals surface area contributed by atoms with Crippen molar-refractivity contribution < 1.29 is 9.47 Å². The normalized spacial score (nSPS) is 10.8. The number of benzene rings is 1. The zero-order valence-corrected chi connectivity index (χ0v) is 12.7.